The zero-order valence-electron chi connectivity index (χ0n) is 30.7. The molecule has 262 valence electrons. The van der Waals surface area contributed by atoms with Crippen molar-refractivity contribution in [1.82, 2.24) is 4.57 Å². The number of nitrogens with zero attached hydrogens (tertiary/aromatic N) is 2. The van der Waals surface area contributed by atoms with Crippen LogP contribution in [0.5, 0.6) is 0 Å². The average Bonchev–Trinajstić information content (AvgIpc) is 3.60. The van der Waals surface area contributed by atoms with Crippen molar-refractivity contribution in [3.05, 3.63) is 218 Å². The van der Waals surface area contributed by atoms with E-state index in [1.807, 2.05) is 0 Å². The molecule has 0 atom stereocenters. The molecule has 11 aromatic rings. The van der Waals surface area contributed by atoms with Crippen LogP contribution in [0.15, 0.2) is 218 Å². The molecule has 0 spiro atoms. The first kappa shape index (κ1) is 32.0. The fourth-order valence-corrected chi connectivity index (χ4v) is 8.51. The molecular weight excluding hydrogens is 677 g/mol. The number of rotatable bonds is 6. The maximum absolute atomic E-state index is 2.41. The molecule has 0 unspecified atom stereocenters. The van der Waals surface area contributed by atoms with Gasteiger partial charge >= 0.3 is 0 Å². The van der Waals surface area contributed by atoms with E-state index in [0.29, 0.717) is 0 Å². The fourth-order valence-electron chi connectivity index (χ4n) is 8.51. The monoisotopic (exact) mass is 712 g/mol. The van der Waals surface area contributed by atoms with Gasteiger partial charge in [0.15, 0.2) is 0 Å². The minimum Gasteiger partial charge on any atom is -0.310 e. The number of hydrogen-bond donors (Lipinski definition) is 0. The number of aromatic nitrogens is 1. The Balaban J connectivity index is 1.05. The molecule has 0 aliphatic rings. The Bertz CT molecular complexity index is 3250. The number of hydrogen-bond acceptors (Lipinski definition) is 1. The van der Waals surface area contributed by atoms with Crippen molar-refractivity contribution >= 4 is 71.2 Å². The predicted molar refractivity (Wildman–Crippen MR) is 239 cm³/mol. The lowest BCUT2D eigenvalue weighted by atomic mass is 9.96. The van der Waals surface area contributed by atoms with Crippen molar-refractivity contribution in [2.45, 2.75) is 0 Å². The zero-order chi connectivity index (χ0) is 37.0. The van der Waals surface area contributed by atoms with Gasteiger partial charge in [-0.1, -0.05) is 140 Å². The summed E-state index contributed by atoms with van der Waals surface area (Å²) in [5, 5.41) is 9.80. The summed E-state index contributed by atoms with van der Waals surface area (Å²) >= 11 is 0. The molecule has 0 aliphatic carbocycles. The van der Waals surface area contributed by atoms with Gasteiger partial charge in [-0.25, -0.2) is 0 Å². The summed E-state index contributed by atoms with van der Waals surface area (Å²) in [5.41, 5.74) is 11.8. The highest BCUT2D eigenvalue weighted by Crippen LogP contribution is 2.42. The van der Waals surface area contributed by atoms with Gasteiger partial charge in [0.25, 0.3) is 0 Å². The van der Waals surface area contributed by atoms with Gasteiger partial charge < -0.3 is 9.47 Å². The molecule has 56 heavy (non-hydrogen) atoms. The van der Waals surface area contributed by atoms with E-state index in [1.54, 1.807) is 0 Å². The third-order valence-corrected chi connectivity index (χ3v) is 11.3. The molecule has 2 nitrogen and oxygen atoms in total. The molecule has 0 bridgehead atoms. The van der Waals surface area contributed by atoms with E-state index >= 15 is 0 Å². The molecule has 2 heteroatoms. The van der Waals surface area contributed by atoms with Crippen molar-refractivity contribution in [1.29, 1.82) is 0 Å². The third kappa shape index (κ3) is 5.51. The molecule has 0 amide bonds. The Hall–Kier alpha value is -7.42. The van der Waals surface area contributed by atoms with Gasteiger partial charge in [0, 0.05) is 33.5 Å². The molecule has 0 aliphatic heterocycles. The van der Waals surface area contributed by atoms with Crippen molar-refractivity contribution in [3.8, 4) is 27.9 Å². The average molecular weight is 713 g/mol. The SMILES string of the molecule is c1ccc(-c2ccc3cc(-c4ccc5ccc(N(c6ccc7ccccc7c6)c6ccc7c(c6)c6ccccc6n7-c6ccccc6)cc5c4)ccc3c2)cc1. The fraction of sp³-hybridized carbons (Fsp3) is 0. The maximum Gasteiger partial charge on any atom is 0.0542 e. The Labute approximate surface area is 325 Å². The summed E-state index contributed by atoms with van der Waals surface area (Å²) in [6.45, 7) is 0. The van der Waals surface area contributed by atoms with E-state index < -0.39 is 0 Å². The van der Waals surface area contributed by atoms with Crippen LogP contribution in [0.3, 0.4) is 0 Å². The van der Waals surface area contributed by atoms with Crippen molar-refractivity contribution in [2.24, 2.45) is 0 Å². The lowest BCUT2D eigenvalue weighted by Crippen LogP contribution is -2.10. The first-order chi connectivity index (χ1) is 27.7. The van der Waals surface area contributed by atoms with E-state index in [2.05, 4.69) is 228 Å². The van der Waals surface area contributed by atoms with Crippen LogP contribution < -0.4 is 4.90 Å². The van der Waals surface area contributed by atoms with E-state index in [0.717, 1.165) is 22.7 Å². The van der Waals surface area contributed by atoms with Gasteiger partial charge in [0.2, 0.25) is 0 Å². The summed E-state index contributed by atoms with van der Waals surface area (Å²) in [4.78, 5) is 2.41. The number of benzene rings is 10. The van der Waals surface area contributed by atoms with Crippen molar-refractivity contribution < 1.29 is 0 Å². The highest BCUT2D eigenvalue weighted by atomic mass is 15.1. The molecule has 0 fully saturated rings. The molecule has 11 rings (SSSR count). The van der Waals surface area contributed by atoms with Crippen LogP contribution in [0.1, 0.15) is 0 Å². The minimum atomic E-state index is 1.11. The van der Waals surface area contributed by atoms with Gasteiger partial charge in [-0.05, 0) is 133 Å². The summed E-state index contributed by atoms with van der Waals surface area (Å²) < 4.78 is 2.38. The van der Waals surface area contributed by atoms with Crippen LogP contribution in [0.2, 0.25) is 0 Å². The summed E-state index contributed by atoms with van der Waals surface area (Å²) in [7, 11) is 0. The van der Waals surface area contributed by atoms with Crippen LogP contribution >= 0.6 is 0 Å². The van der Waals surface area contributed by atoms with Crippen LogP contribution in [0, 0.1) is 0 Å². The second kappa shape index (κ2) is 13.2. The number of anilines is 3. The Morgan fingerprint density at radius 2 is 0.732 bits per heavy atom. The van der Waals surface area contributed by atoms with Crippen LogP contribution in [-0.2, 0) is 0 Å². The Morgan fingerprint density at radius 1 is 0.268 bits per heavy atom. The van der Waals surface area contributed by atoms with Crippen LogP contribution in [0.4, 0.5) is 17.1 Å². The lowest BCUT2D eigenvalue weighted by molar-refractivity contribution is 1.18. The first-order valence-corrected chi connectivity index (χ1v) is 19.2. The molecule has 0 saturated carbocycles. The standard InChI is InChI=1S/C54H36N2/c1-3-11-37(12-4-1)41-21-22-43-32-44(24-23-42(43)31-41)45-20-19-39-26-28-49(35-46(39)33-45)55(48-27-25-38-13-7-8-14-40(38)34-48)50-29-30-54-52(36-50)51-17-9-10-18-53(51)56(54)47-15-5-2-6-16-47/h1-36H. The summed E-state index contributed by atoms with van der Waals surface area (Å²) in [6, 6.07) is 79.6. The second-order valence-corrected chi connectivity index (χ2v) is 14.6. The first-order valence-electron chi connectivity index (χ1n) is 19.2. The van der Waals surface area contributed by atoms with Gasteiger partial charge in [0.05, 0.1) is 11.0 Å². The van der Waals surface area contributed by atoms with E-state index in [9.17, 15) is 0 Å². The topological polar surface area (TPSA) is 8.17 Å². The lowest BCUT2D eigenvalue weighted by Gasteiger charge is -2.26. The predicted octanol–water partition coefficient (Wildman–Crippen LogP) is 15.0. The number of para-hydroxylation sites is 2. The van der Waals surface area contributed by atoms with E-state index in [-0.39, 0.29) is 0 Å². The smallest absolute Gasteiger partial charge is 0.0542 e. The van der Waals surface area contributed by atoms with Gasteiger partial charge in [0.1, 0.15) is 0 Å². The largest absolute Gasteiger partial charge is 0.310 e. The van der Waals surface area contributed by atoms with Crippen molar-refractivity contribution in [3.63, 3.8) is 0 Å². The minimum absolute atomic E-state index is 1.11. The van der Waals surface area contributed by atoms with E-state index in [4.69, 9.17) is 0 Å². The van der Waals surface area contributed by atoms with Crippen molar-refractivity contribution in [2.75, 3.05) is 4.90 Å². The second-order valence-electron chi connectivity index (χ2n) is 14.6. The Kier molecular flexibility index (Phi) is 7.53. The zero-order valence-corrected chi connectivity index (χ0v) is 30.7. The highest BCUT2D eigenvalue weighted by molar-refractivity contribution is 6.11. The molecule has 10 aromatic carbocycles. The van der Waals surface area contributed by atoms with E-state index in [1.165, 1.54) is 76.4 Å². The van der Waals surface area contributed by atoms with Crippen LogP contribution in [-0.4, -0.2) is 4.57 Å². The van der Waals surface area contributed by atoms with Gasteiger partial charge in [-0.2, -0.15) is 0 Å². The van der Waals surface area contributed by atoms with Gasteiger partial charge in [-0.3, -0.25) is 0 Å². The summed E-state index contributed by atoms with van der Waals surface area (Å²) in [5.74, 6) is 0. The van der Waals surface area contributed by atoms with Crippen LogP contribution in [0.25, 0.3) is 82.1 Å². The van der Waals surface area contributed by atoms with Gasteiger partial charge in [-0.15, -0.1) is 0 Å². The molecule has 0 saturated heterocycles. The Morgan fingerprint density at radius 3 is 1.46 bits per heavy atom. The third-order valence-electron chi connectivity index (χ3n) is 11.3. The maximum atomic E-state index is 2.41. The number of fused-ring (bicyclic) bond motifs is 6. The molecule has 1 aromatic heterocycles. The molecule has 0 N–H and O–H groups in total. The quantitative estimate of drug-likeness (QED) is 0.167. The summed E-state index contributed by atoms with van der Waals surface area (Å²) in [6.07, 6.45) is 0. The molecule has 0 radical (unpaired) electrons. The molecular formula is C54H36N2. The highest BCUT2D eigenvalue weighted by Gasteiger charge is 2.18. The molecule has 1 heterocycles. The normalized spacial score (nSPS) is 11.6.